The fourth-order valence-corrected chi connectivity index (χ4v) is 2.15. The Morgan fingerprint density at radius 1 is 1.23 bits per heavy atom. The van der Waals surface area contributed by atoms with Gasteiger partial charge in [-0.15, -0.1) is 0 Å². The summed E-state index contributed by atoms with van der Waals surface area (Å²) in [6.45, 7) is 5.29. The SMILES string of the molecule is CCCC(CN)(CCC)NC1CC1. The largest absolute Gasteiger partial charge is 0.329 e. The molecule has 0 radical (unpaired) electrons. The van der Waals surface area contributed by atoms with Crippen LogP contribution >= 0.6 is 0 Å². The number of hydrogen-bond acceptors (Lipinski definition) is 2. The zero-order valence-electron chi connectivity index (χ0n) is 9.10. The monoisotopic (exact) mass is 184 g/mol. The summed E-state index contributed by atoms with van der Waals surface area (Å²) >= 11 is 0. The van der Waals surface area contributed by atoms with E-state index in [-0.39, 0.29) is 5.54 Å². The third-order valence-corrected chi connectivity index (χ3v) is 2.94. The van der Waals surface area contributed by atoms with Crippen LogP contribution in [-0.2, 0) is 0 Å². The Kier molecular flexibility index (Phi) is 4.20. The van der Waals surface area contributed by atoms with Crippen LogP contribution in [-0.4, -0.2) is 18.1 Å². The molecule has 2 nitrogen and oxygen atoms in total. The van der Waals surface area contributed by atoms with Gasteiger partial charge in [-0.05, 0) is 25.7 Å². The molecule has 0 unspecified atom stereocenters. The molecule has 0 amide bonds. The minimum absolute atomic E-state index is 0.255. The first kappa shape index (κ1) is 11.0. The highest BCUT2D eigenvalue weighted by atomic mass is 15.1. The standard InChI is InChI=1S/C11H24N2/c1-3-7-11(9-12,8-4-2)13-10-5-6-10/h10,13H,3-9,12H2,1-2H3. The van der Waals surface area contributed by atoms with Crippen molar-refractivity contribution in [2.24, 2.45) is 5.73 Å². The fourth-order valence-electron chi connectivity index (χ4n) is 2.15. The van der Waals surface area contributed by atoms with E-state index in [1.165, 1.54) is 38.5 Å². The minimum Gasteiger partial charge on any atom is -0.329 e. The van der Waals surface area contributed by atoms with Crippen LogP contribution in [0, 0.1) is 0 Å². The van der Waals surface area contributed by atoms with Crippen LogP contribution < -0.4 is 11.1 Å². The third kappa shape index (κ3) is 3.28. The van der Waals surface area contributed by atoms with Crippen LogP contribution in [0.25, 0.3) is 0 Å². The average molecular weight is 184 g/mol. The van der Waals surface area contributed by atoms with E-state index in [1.54, 1.807) is 0 Å². The molecule has 0 heterocycles. The van der Waals surface area contributed by atoms with E-state index < -0.39 is 0 Å². The van der Waals surface area contributed by atoms with Crippen molar-refractivity contribution < 1.29 is 0 Å². The molecule has 0 aromatic carbocycles. The highest BCUT2D eigenvalue weighted by Crippen LogP contribution is 2.27. The second-order valence-corrected chi connectivity index (χ2v) is 4.40. The van der Waals surface area contributed by atoms with Crippen molar-refractivity contribution in [3.63, 3.8) is 0 Å². The highest BCUT2D eigenvalue weighted by Gasteiger charge is 2.33. The molecule has 0 saturated heterocycles. The van der Waals surface area contributed by atoms with Crippen molar-refractivity contribution >= 4 is 0 Å². The van der Waals surface area contributed by atoms with Crippen LogP contribution in [0.5, 0.6) is 0 Å². The van der Waals surface area contributed by atoms with E-state index in [0.29, 0.717) is 0 Å². The molecule has 0 bridgehead atoms. The summed E-state index contributed by atoms with van der Waals surface area (Å²) in [6.07, 6.45) is 7.64. The van der Waals surface area contributed by atoms with Gasteiger partial charge in [0.25, 0.3) is 0 Å². The summed E-state index contributed by atoms with van der Waals surface area (Å²) in [4.78, 5) is 0. The second-order valence-electron chi connectivity index (χ2n) is 4.40. The molecule has 1 rings (SSSR count). The Hall–Kier alpha value is -0.0800. The molecule has 0 spiro atoms. The van der Waals surface area contributed by atoms with Gasteiger partial charge in [0.15, 0.2) is 0 Å². The van der Waals surface area contributed by atoms with Crippen molar-refractivity contribution in [2.45, 2.75) is 64.0 Å². The summed E-state index contributed by atoms with van der Waals surface area (Å²) in [7, 11) is 0. The maximum absolute atomic E-state index is 5.89. The predicted octanol–water partition coefficient (Wildman–Crippen LogP) is 2.04. The Balaban J connectivity index is 2.44. The van der Waals surface area contributed by atoms with Crippen molar-refractivity contribution in [1.82, 2.24) is 5.32 Å². The summed E-state index contributed by atoms with van der Waals surface area (Å²) in [6, 6.07) is 0.779. The topological polar surface area (TPSA) is 38.0 Å². The van der Waals surface area contributed by atoms with Crippen molar-refractivity contribution in [3.8, 4) is 0 Å². The van der Waals surface area contributed by atoms with Gasteiger partial charge in [0.2, 0.25) is 0 Å². The number of nitrogens with two attached hydrogens (primary N) is 1. The first-order chi connectivity index (χ1) is 6.26. The van der Waals surface area contributed by atoms with Gasteiger partial charge in [-0.2, -0.15) is 0 Å². The van der Waals surface area contributed by atoms with E-state index in [0.717, 1.165) is 12.6 Å². The van der Waals surface area contributed by atoms with Gasteiger partial charge in [0.05, 0.1) is 0 Å². The van der Waals surface area contributed by atoms with Crippen LogP contribution in [0.4, 0.5) is 0 Å². The molecule has 1 aliphatic carbocycles. The van der Waals surface area contributed by atoms with Gasteiger partial charge in [-0.1, -0.05) is 26.7 Å². The van der Waals surface area contributed by atoms with Crippen LogP contribution in [0.3, 0.4) is 0 Å². The maximum atomic E-state index is 5.89. The van der Waals surface area contributed by atoms with E-state index in [1.807, 2.05) is 0 Å². The molecule has 0 atom stereocenters. The van der Waals surface area contributed by atoms with E-state index in [9.17, 15) is 0 Å². The number of nitrogens with one attached hydrogen (secondary N) is 1. The normalized spacial score (nSPS) is 17.8. The van der Waals surface area contributed by atoms with Gasteiger partial charge in [0.1, 0.15) is 0 Å². The molecule has 0 aliphatic heterocycles. The van der Waals surface area contributed by atoms with Gasteiger partial charge < -0.3 is 11.1 Å². The number of rotatable bonds is 7. The van der Waals surface area contributed by atoms with Crippen LogP contribution in [0.1, 0.15) is 52.4 Å². The van der Waals surface area contributed by atoms with Gasteiger partial charge in [0, 0.05) is 18.1 Å². The zero-order valence-corrected chi connectivity index (χ0v) is 9.10. The summed E-state index contributed by atoms with van der Waals surface area (Å²) in [5.41, 5.74) is 6.15. The quantitative estimate of drug-likeness (QED) is 0.635. The summed E-state index contributed by atoms with van der Waals surface area (Å²) in [5.74, 6) is 0. The lowest BCUT2D eigenvalue weighted by Crippen LogP contribution is -2.52. The molecule has 1 fully saturated rings. The summed E-state index contributed by atoms with van der Waals surface area (Å²) < 4.78 is 0. The maximum Gasteiger partial charge on any atom is 0.0306 e. The fraction of sp³-hybridized carbons (Fsp3) is 1.00. The Labute approximate surface area is 82.3 Å². The van der Waals surface area contributed by atoms with E-state index in [4.69, 9.17) is 5.73 Å². The molecule has 0 aromatic heterocycles. The molecule has 2 heteroatoms. The molecule has 1 aliphatic rings. The average Bonchev–Trinajstić information content (AvgIpc) is 2.89. The molecular weight excluding hydrogens is 160 g/mol. The molecule has 78 valence electrons. The Morgan fingerprint density at radius 2 is 1.77 bits per heavy atom. The van der Waals surface area contributed by atoms with Crippen LogP contribution in [0.15, 0.2) is 0 Å². The third-order valence-electron chi connectivity index (χ3n) is 2.94. The van der Waals surface area contributed by atoms with E-state index >= 15 is 0 Å². The predicted molar refractivity (Wildman–Crippen MR) is 57.8 cm³/mol. The molecule has 13 heavy (non-hydrogen) atoms. The lowest BCUT2D eigenvalue weighted by atomic mass is 9.88. The highest BCUT2D eigenvalue weighted by molar-refractivity contribution is 4.95. The molecule has 0 aromatic rings. The Morgan fingerprint density at radius 3 is 2.08 bits per heavy atom. The summed E-state index contributed by atoms with van der Waals surface area (Å²) in [5, 5.41) is 3.73. The molecular formula is C11H24N2. The van der Waals surface area contributed by atoms with Crippen molar-refractivity contribution in [3.05, 3.63) is 0 Å². The van der Waals surface area contributed by atoms with Crippen molar-refractivity contribution in [1.29, 1.82) is 0 Å². The minimum atomic E-state index is 0.255. The van der Waals surface area contributed by atoms with Crippen LogP contribution in [0.2, 0.25) is 0 Å². The van der Waals surface area contributed by atoms with Crippen molar-refractivity contribution in [2.75, 3.05) is 6.54 Å². The number of hydrogen-bond donors (Lipinski definition) is 2. The Bertz CT molecular complexity index is 135. The second kappa shape index (κ2) is 4.97. The molecule has 3 N–H and O–H groups in total. The van der Waals surface area contributed by atoms with Gasteiger partial charge in [-0.25, -0.2) is 0 Å². The zero-order chi connectivity index (χ0) is 9.73. The lowest BCUT2D eigenvalue weighted by Gasteiger charge is -2.33. The van der Waals surface area contributed by atoms with E-state index in [2.05, 4.69) is 19.2 Å². The van der Waals surface area contributed by atoms with Gasteiger partial charge >= 0.3 is 0 Å². The smallest absolute Gasteiger partial charge is 0.0306 e. The first-order valence-corrected chi connectivity index (χ1v) is 5.74. The lowest BCUT2D eigenvalue weighted by molar-refractivity contribution is 0.280. The molecule has 1 saturated carbocycles. The first-order valence-electron chi connectivity index (χ1n) is 5.74. The van der Waals surface area contributed by atoms with Gasteiger partial charge in [-0.3, -0.25) is 0 Å².